The van der Waals surface area contributed by atoms with Crippen molar-refractivity contribution in [1.29, 1.82) is 0 Å². The number of carbonyl (C=O) groups excluding carboxylic acids is 4. The molecule has 0 N–H and O–H groups in total. The van der Waals surface area contributed by atoms with Gasteiger partial charge in [-0.2, -0.15) is 0 Å². The number of hydrogen-bond donors (Lipinski definition) is 0. The summed E-state index contributed by atoms with van der Waals surface area (Å²) in [6.45, 7) is 68.5. The van der Waals surface area contributed by atoms with E-state index >= 15 is 0 Å². The van der Waals surface area contributed by atoms with Crippen LogP contribution in [0, 0.1) is 0 Å². The molecule has 1 heterocycles. The number of hydrogen-bond acceptors (Lipinski definition) is 15. The normalized spacial score (nSPS) is 13.6. The lowest BCUT2D eigenvalue weighted by Gasteiger charge is -2.34. The lowest BCUT2D eigenvalue weighted by molar-refractivity contribution is 0.0187. The molecule has 1 aliphatic rings. The Kier molecular flexibility index (Phi) is 27.0. The van der Waals surface area contributed by atoms with Crippen LogP contribution in [0.25, 0.3) is 0 Å². The summed E-state index contributed by atoms with van der Waals surface area (Å²) in [7, 11) is -1.82. The molecule has 0 saturated heterocycles. The maximum absolute atomic E-state index is 13.0. The second kappa shape index (κ2) is 33.4. The second-order valence-corrected chi connectivity index (χ2v) is 41.3. The third-order valence-corrected chi connectivity index (χ3v) is 20.0. The molecule has 1 aliphatic heterocycles. The van der Waals surface area contributed by atoms with Crippen LogP contribution in [0.15, 0.2) is 133 Å². The molecule has 0 atom stereocenters. The van der Waals surface area contributed by atoms with Crippen molar-refractivity contribution in [2.45, 2.75) is 313 Å². The van der Waals surface area contributed by atoms with Gasteiger partial charge in [0.05, 0.1) is 6.61 Å². The van der Waals surface area contributed by atoms with E-state index in [0.717, 1.165) is 68.8 Å². The molecule has 0 fully saturated rings. The van der Waals surface area contributed by atoms with Crippen molar-refractivity contribution < 1.29 is 70.6 Å². The van der Waals surface area contributed by atoms with Crippen LogP contribution < -0.4 is 28.0 Å². The van der Waals surface area contributed by atoms with Crippen LogP contribution in [0.2, 0.25) is 0 Å². The molecule has 16 heteroatoms. The zero-order chi connectivity index (χ0) is 83.6. The first-order chi connectivity index (χ1) is 50.5. The predicted molar refractivity (Wildman–Crippen MR) is 448 cm³/mol. The van der Waals surface area contributed by atoms with Gasteiger partial charge in [0.2, 0.25) is 0 Å². The number of rotatable bonds is 14. The molecule has 0 saturated carbocycles. The maximum Gasteiger partial charge on any atom is 0.514 e. The Labute approximate surface area is 666 Å². The van der Waals surface area contributed by atoms with Gasteiger partial charge in [0, 0.05) is 39.5 Å². The molecule has 7 aromatic carbocycles. The number of carbonyl (C=O) groups is 4. The highest BCUT2D eigenvalue weighted by molar-refractivity contribution is 7.42. The smallest absolute Gasteiger partial charge is 0.428 e. The topological polar surface area (TPSA) is 170 Å². The summed E-state index contributed by atoms with van der Waals surface area (Å²) in [5, 5.41) is 0. The number of ether oxygens (including phenoxy) is 8. The Morgan fingerprint density at radius 3 is 0.892 bits per heavy atom. The summed E-state index contributed by atoms with van der Waals surface area (Å²) in [4.78, 5) is 49.9. The summed E-state index contributed by atoms with van der Waals surface area (Å²) in [6.07, 6.45) is -0.794. The van der Waals surface area contributed by atoms with Crippen LogP contribution >= 0.6 is 8.60 Å². The van der Waals surface area contributed by atoms with Crippen molar-refractivity contribution in [2.24, 2.45) is 0 Å². The standard InChI is InChI=1S/C51H77O6P.C44H52O9/c1-45(2,3)35-28-33-27-34-29-36(46(4,5)6)31-40(50(16,17)18)42(34)57-58(56-41(33)39(30-35)49(13,14)15)53-24-22-23-32-25-37(47(7,8)9)43(38(26-32)48(10,11)12)54-44(52)55-51(19,20)21;1-40(2,3)51-37(45)48-34-23-17-30(18-24-34)43(10,11)29-13-15-31(16-14-29)44(12,32-19-25-35(26-20-32)49-38(46)52-41(4,5)6)33-21-27-36(28-22-33)50-39(47)53-42(7,8)9/h25-26,28-31H,22-24,27H2,1-21H3;13-28H,1-12H3. The van der Waals surface area contributed by atoms with Crippen molar-refractivity contribution in [2.75, 3.05) is 6.61 Å². The molecule has 0 radical (unpaired) electrons. The van der Waals surface area contributed by atoms with Gasteiger partial charge in [-0.05, 0) is 227 Å². The molecule has 0 amide bonds. The van der Waals surface area contributed by atoms with Crippen LogP contribution in [0.3, 0.4) is 0 Å². The lowest BCUT2D eigenvalue weighted by atomic mass is 9.70. The quantitative estimate of drug-likeness (QED) is 0.0251. The largest absolute Gasteiger partial charge is 0.514 e. The average molecular weight is 1540 g/mol. The zero-order valence-electron chi connectivity index (χ0n) is 73.1. The fourth-order valence-electron chi connectivity index (χ4n) is 12.7. The van der Waals surface area contributed by atoms with Crippen LogP contribution in [0.1, 0.15) is 313 Å². The molecule has 604 valence electrons. The van der Waals surface area contributed by atoms with E-state index < -0.39 is 61.0 Å². The van der Waals surface area contributed by atoms with Gasteiger partial charge in [-0.15, -0.1) is 0 Å². The van der Waals surface area contributed by atoms with Gasteiger partial charge in [-0.3, -0.25) is 4.52 Å². The van der Waals surface area contributed by atoms with E-state index in [-0.39, 0.29) is 37.9 Å². The summed E-state index contributed by atoms with van der Waals surface area (Å²) >= 11 is 0. The van der Waals surface area contributed by atoms with Crippen molar-refractivity contribution in [3.8, 4) is 34.5 Å². The minimum absolute atomic E-state index is 0.0401. The van der Waals surface area contributed by atoms with E-state index in [1.54, 1.807) is 98.7 Å². The van der Waals surface area contributed by atoms with Crippen molar-refractivity contribution in [3.63, 3.8) is 0 Å². The van der Waals surface area contributed by atoms with Gasteiger partial charge >= 0.3 is 33.2 Å². The first-order valence-corrected chi connectivity index (χ1v) is 40.0. The summed E-state index contributed by atoms with van der Waals surface area (Å²) < 4.78 is 64.6. The lowest BCUT2D eigenvalue weighted by Crippen LogP contribution is -2.28. The fourth-order valence-corrected chi connectivity index (χ4v) is 13.9. The molecular weight excluding hydrogens is 1410 g/mol. The maximum atomic E-state index is 13.0. The molecule has 15 nitrogen and oxygen atoms in total. The number of aryl methyl sites for hydroxylation is 1. The van der Waals surface area contributed by atoms with E-state index in [2.05, 4.69) is 206 Å². The van der Waals surface area contributed by atoms with Crippen molar-refractivity contribution >= 4 is 33.2 Å². The summed E-state index contributed by atoms with van der Waals surface area (Å²) in [5.41, 5.74) is 10.6. The van der Waals surface area contributed by atoms with Gasteiger partial charge in [0.15, 0.2) is 0 Å². The molecule has 0 spiro atoms. The van der Waals surface area contributed by atoms with Gasteiger partial charge in [0.25, 0.3) is 0 Å². The molecular formula is C95H129O15P. The van der Waals surface area contributed by atoms with Crippen LogP contribution in [0.5, 0.6) is 34.5 Å². The van der Waals surface area contributed by atoms with Crippen LogP contribution in [0.4, 0.5) is 19.2 Å². The summed E-state index contributed by atoms with van der Waals surface area (Å²) in [5.74, 6) is 3.44. The zero-order valence-corrected chi connectivity index (χ0v) is 74.0. The number of benzene rings is 7. The SMILES string of the molecule is CC(C)(C)OC(=O)Oc1c(C(C)(C)C)cc(CCCOP2Oc3c(cc(C(C)(C)C)cc3C(C)(C)C)Cc3cc(C(C)(C)C)cc(C(C)(C)C)c3O2)cc1C(C)(C)C.CC(C)(C)OC(=O)Oc1ccc(C(C)(C)c2ccc(C(C)(c3ccc(OC(=O)OC(C)(C)C)cc3)c3ccc(OC(=O)OC(C)(C)C)cc3)cc2)cc1. The van der Waals surface area contributed by atoms with Crippen molar-refractivity contribution in [1.82, 2.24) is 0 Å². The summed E-state index contributed by atoms with van der Waals surface area (Å²) in [6, 6.07) is 44.2. The van der Waals surface area contributed by atoms with E-state index in [1.165, 1.54) is 33.4 Å². The predicted octanol–water partition coefficient (Wildman–Crippen LogP) is 26.3. The van der Waals surface area contributed by atoms with Crippen LogP contribution in [-0.2, 0) is 79.6 Å². The fraction of sp³-hybridized carbons (Fsp3) is 0.516. The Hall–Kier alpha value is -8.39. The monoisotopic (exact) mass is 1540 g/mol. The Morgan fingerprint density at radius 2 is 0.604 bits per heavy atom. The van der Waals surface area contributed by atoms with Gasteiger partial charge in [-0.1, -0.05) is 236 Å². The third kappa shape index (κ3) is 25.1. The molecule has 0 aliphatic carbocycles. The molecule has 8 rings (SSSR count). The first-order valence-electron chi connectivity index (χ1n) is 38.9. The average Bonchev–Trinajstić information content (AvgIpc) is 0.760. The highest BCUT2D eigenvalue weighted by Crippen LogP contribution is 2.54. The minimum Gasteiger partial charge on any atom is -0.428 e. The van der Waals surface area contributed by atoms with Gasteiger partial charge in [0.1, 0.15) is 56.9 Å². The molecule has 7 aromatic rings. The highest BCUT2D eigenvalue weighted by atomic mass is 31.2. The van der Waals surface area contributed by atoms with Crippen LogP contribution in [-0.4, -0.2) is 53.6 Å². The number of fused-ring (bicyclic) bond motifs is 2. The molecule has 0 unspecified atom stereocenters. The molecule has 111 heavy (non-hydrogen) atoms. The third-order valence-electron chi connectivity index (χ3n) is 18.9. The van der Waals surface area contributed by atoms with E-state index in [0.29, 0.717) is 36.0 Å². The Morgan fingerprint density at radius 1 is 0.324 bits per heavy atom. The molecule has 0 bridgehead atoms. The van der Waals surface area contributed by atoms with Gasteiger partial charge < -0.3 is 46.9 Å². The molecule has 0 aromatic heterocycles. The van der Waals surface area contributed by atoms with Gasteiger partial charge in [-0.25, -0.2) is 19.2 Å². The highest BCUT2D eigenvalue weighted by Gasteiger charge is 2.39. The van der Waals surface area contributed by atoms with E-state index in [1.807, 2.05) is 57.2 Å². The van der Waals surface area contributed by atoms with E-state index in [9.17, 15) is 19.2 Å². The van der Waals surface area contributed by atoms with E-state index in [4.69, 9.17) is 51.5 Å². The Bertz CT molecular complexity index is 4200. The first kappa shape index (κ1) is 89.8. The second-order valence-electron chi connectivity index (χ2n) is 40.2. The van der Waals surface area contributed by atoms with Crippen molar-refractivity contribution in [3.05, 3.63) is 211 Å². The Balaban J connectivity index is 0.000000310. The minimum atomic E-state index is -1.82.